The Morgan fingerprint density at radius 3 is 2.42 bits per heavy atom. The Morgan fingerprint density at radius 1 is 0.965 bits per heavy atom. The lowest BCUT2D eigenvalue weighted by Gasteiger charge is -2.29. The van der Waals surface area contributed by atoms with Crippen LogP contribution in [0.4, 0.5) is 17.2 Å². The summed E-state index contributed by atoms with van der Waals surface area (Å²) in [5, 5.41) is 10.0. The van der Waals surface area contributed by atoms with Gasteiger partial charge in [0.25, 0.3) is 7.82 Å². The molecule has 0 saturated carbocycles. The topological polar surface area (TPSA) is 221 Å². The van der Waals surface area contributed by atoms with Gasteiger partial charge in [-0.2, -0.15) is 0 Å². The van der Waals surface area contributed by atoms with Crippen LogP contribution in [0.2, 0.25) is 0 Å². The van der Waals surface area contributed by atoms with Crippen LogP contribution in [-0.2, 0) is 24.2 Å². The molecule has 0 amide bonds. The van der Waals surface area contributed by atoms with Crippen LogP contribution < -0.4 is 39.7 Å². The van der Waals surface area contributed by atoms with Crippen molar-refractivity contribution >= 4 is 25.0 Å². The first kappa shape index (κ1) is 43.7. The standard InChI is InChI=1S/2C14H17N3O.C12H11N3O.H3O4P.H2/c2*1-3-17(13-5-4-6-15-9-13)10-12-8-16-7-11(2)14(12)18;1-2-5-14-12(3-1)15-8-10-7-13-6-4-11(10)16-9-15;1-5(2,3)4;/h2*4-9H,3,10H2,1-2H3,(H,16,18);1-7H,8-9H2;(H3,1,2,3,4);1H/p+2/i;;;;1+1. The first-order valence-corrected chi connectivity index (χ1v) is 19.7. The van der Waals surface area contributed by atoms with Crippen molar-refractivity contribution in [3.05, 3.63) is 155 Å². The molecule has 0 aromatic carbocycles. The van der Waals surface area contributed by atoms with Crippen molar-refractivity contribution in [3.63, 3.8) is 0 Å². The molecule has 1 atom stereocenters. The molecule has 302 valence electrons. The molecule has 17 heteroatoms. The summed E-state index contributed by atoms with van der Waals surface area (Å²) in [6.45, 7) is 12.4. The maximum atomic E-state index is 12.0. The Kier molecular flexibility index (Phi) is 16.8. The van der Waals surface area contributed by atoms with Crippen LogP contribution in [0.5, 0.6) is 11.5 Å². The molecular formula is C40H52N9O7P+2. The van der Waals surface area contributed by atoms with Crippen LogP contribution in [0.25, 0.3) is 0 Å². The number of aromatic amines is 3. The van der Waals surface area contributed by atoms with E-state index in [1.54, 1.807) is 37.2 Å². The molecule has 57 heavy (non-hydrogen) atoms. The number of nitrogens with zero attached hydrogens (tertiary/aromatic N) is 5. The zero-order chi connectivity index (χ0) is 41.2. The Morgan fingerprint density at radius 2 is 1.75 bits per heavy atom. The first-order valence-electron chi connectivity index (χ1n) is 18.2. The molecule has 0 fully saturated rings. The predicted molar refractivity (Wildman–Crippen MR) is 214 cm³/mol. The molecule has 0 saturated heterocycles. The fourth-order valence-electron chi connectivity index (χ4n) is 5.73. The second-order valence-corrected chi connectivity index (χ2v) is 13.8. The third-order valence-corrected chi connectivity index (χ3v) is 8.71. The number of H-pyrrole nitrogens is 3. The van der Waals surface area contributed by atoms with Gasteiger partial charge in [0, 0.05) is 80.5 Å². The molecule has 0 aliphatic carbocycles. The van der Waals surface area contributed by atoms with Crippen molar-refractivity contribution in [2.45, 2.75) is 47.3 Å². The maximum Gasteiger partial charge on any atom is 0.262 e. The number of aryl methyl sites for hydroxylation is 2. The zero-order valence-electron chi connectivity index (χ0n) is 32.4. The van der Waals surface area contributed by atoms with E-state index in [1.807, 2.05) is 87.3 Å². The van der Waals surface area contributed by atoms with E-state index < -0.39 is 7.82 Å². The molecule has 7 rings (SSSR count). The average molecular weight is 803 g/mol. The fraction of sp³-hybridized carbons (Fsp3) is 0.250. The van der Waals surface area contributed by atoms with Crippen molar-refractivity contribution in [3.8, 4) is 11.5 Å². The molecule has 16 nitrogen and oxygen atoms in total. The van der Waals surface area contributed by atoms with E-state index in [2.05, 4.69) is 59.6 Å². The predicted octanol–water partition coefficient (Wildman–Crippen LogP) is 2.69. The molecule has 7 heterocycles. The third-order valence-electron chi connectivity index (χ3n) is 8.71. The van der Waals surface area contributed by atoms with E-state index in [1.165, 1.54) is 10.6 Å². The number of hydrogen-bond acceptors (Lipinski definition) is 10. The largest absolute Gasteiger partial charge is 0.756 e. The maximum absolute atomic E-state index is 12.0. The van der Waals surface area contributed by atoms with Crippen LogP contribution in [0.1, 0.15) is 43.1 Å². The Hall–Kier alpha value is -6.03. The second kappa shape index (κ2) is 21.9. The molecule has 1 aliphatic rings. The normalized spacial score (nSPS) is 12.2. The molecule has 1 aliphatic heterocycles. The van der Waals surface area contributed by atoms with Gasteiger partial charge in [-0.15, -0.1) is 0 Å². The highest BCUT2D eigenvalue weighted by atomic mass is 31.2. The van der Waals surface area contributed by atoms with E-state index >= 15 is 0 Å². The SMILES string of the molecule is CCN(Cc1c[nH]cc(C)c1=O)c1cccnc1.CC[NH+](Cc1c[nH+]cc(C)c1O)c1ccc[nH+]c1.O=P([O-])(O)O.[2HH].c1ccc(N2COc3ccncc3C2)nc1. The molecule has 0 bridgehead atoms. The van der Waals surface area contributed by atoms with Crippen LogP contribution in [0, 0.1) is 13.8 Å². The van der Waals surface area contributed by atoms with Gasteiger partial charge in [0.05, 0.1) is 30.5 Å². The van der Waals surface area contributed by atoms with Crippen LogP contribution in [0.15, 0.2) is 121 Å². The third kappa shape index (κ3) is 14.2. The van der Waals surface area contributed by atoms with Gasteiger partial charge in [0.15, 0.2) is 36.4 Å². The van der Waals surface area contributed by atoms with E-state index in [-0.39, 0.29) is 6.86 Å². The van der Waals surface area contributed by atoms with Gasteiger partial charge >= 0.3 is 0 Å². The number of aromatic hydroxyl groups is 1. The van der Waals surface area contributed by atoms with Gasteiger partial charge in [-0.05, 0) is 58.0 Å². The molecule has 6 aromatic rings. The highest BCUT2D eigenvalue weighted by Crippen LogP contribution is 2.26. The highest BCUT2D eigenvalue weighted by Gasteiger charge is 2.19. The number of ether oxygens (including phenoxy) is 1. The molecular weight excluding hydrogens is 749 g/mol. The number of quaternary nitrogens is 1. The Bertz CT molecular complexity index is 2210. The minimum atomic E-state index is -4.89. The summed E-state index contributed by atoms with van der Waals surface area (Å²) in [4.78, 5) is 62.1. The van der Waals surface area contributed by atoms with Crippen LogP contribution >= 0.6 is 7.82 Å². The summed E-state index contributed by atoms with van der Waals surface area (Å²) < 4.78 is 14.4. The number of hydrogen-bond donors (Lipinski definition) is 5. The number of aromatic nitrogens is 6. The quantitative estimate of drug-likeness (QED) is 0.133. The van der Waals surface area contributed by atoms with E-state index in [4.69, 9.17) is 24.0 Å². The lowest BCUT2D eigenvalue weighted by Crippen LogP contribution is -3.05. The van der Waals surface area contributed by atoms with Crippen molar-refractivity contribution in [1.29, 1.82) is 0 Å². The van der Waals surface area contributed by atoms with Gasteiger partial charge in [-0.1, -0.05) is 6.07 Å². The summed E-state index contributed by atoms with van der Waals surface area (Å²) in [5.41, 5.74) is 6.77. The smallest absolute Gasteiger partial charge is 0.262 e. The van der Waals surface area contributed by atoms with Gasteiger partial charge in [0.1, 0.15) is 29.4 Å². The molecule has 0 spiro atoms. The fourth-order valence-corrected chi connectivity index (χ4v) is 5.73. The molecule has 1 unspecified atom stereocenters. The highest BCUT2D eigenvalue weighted by molar-refractivity contribution is 7.43. The van der Waals surface area contributed by atoms with Crippen molar-refractivity contribution < 1.29 is 45.4 Å². The monoisotopic (exact) mass is 802 g/mol. The summed E-state index contributed by atoms with van der Waals surface area (Å²) >= 11 is 0. The van der Waals surface area contributed by atoms with E-state index in [9.17, 15) is 9.90 Å². The Labute approximate surface area is 332 Å². The summed E-state index contributed by atoms with van der Waals surface area (Å²) in [5.74, 6) is 2.23. The van der Waals surface area contributed by atoms with Crippen molar-refractivity contribution in [2.24, 2.45) is 0 Å². The van der Waals surface area contributed by atoms with Crippen molar-refractivity contribution in [2.75, 3.05) is 29.6 Å². The summed E-state index contributed by atoms with van der Waals surface area (Å²) in [6.07, 6.45) is 20.0. The number of anilines is 2. The number of pyridine rings is 6. The zero-order valence-corrected chi connectivity index (χ0v) is 33.3. The Balaban J connectivity index is 0.000000218. The van der Waals surface area contributed by atoms with Gasteiger partial charge < -0.3 is 39.3 Å². The first-order chi connectivity index (χ1) is 27.4. The van der Waals surface area contributed by atoms with Crippen molar-refractivity contribution in [1.82, 2.24) is 19.9 Å². The number of fused-ring (bicyclic) bond motifs is 1. The number of phosphoric acid groups is 1. The van der Waals surface area contributed by atoms with Gasteiger partial charge in [-0.25, -0.2) is 15.0 Å². The average Bonchev–Trinajstić information content (AvgIpc) is 3.22. The summed E-state index contributed by atoms with van der Waals surface area (Å²) in [6, 6.07) is 15.7. The van der Waals surface area contributed by atoms with Crippen LogP contribution in [-0.4, -0.2) is 54.6 Å². The second-order valence-electron chi connectivity index (χ2n) is 12.8. The van der Waals surface area contributed by atoms with E-state index in [0.717, 1.165) is 71.3 Å². The lowest BCUT2D eigenvalue weighted by atomic mass is 10.1. The molecule has 6 aromatic heterocycles. The van der Waals surface area contributed by atoms with Gasteiger partial charge in [0.2, 0.25) is 6.20 Å². The van der Waals surface area contributed by atoms with E-state index in [0.29, 0.717) is 19.0 Å². The number of rotatable bonds is 9. The number of nitrogens with one attached hydrogen (secondary N) is 4. The molecule has 7 N–H and O–H groups in total. The van der Waals surface area contributed by atoms with Gasteiger partial charge in [-0.3, -0.25) is 24.2 Å². The summed E-state index contributed by atoms with van der Waals surface area (Å²) in [7, 11) is -4.89. The molecule has 0 radical (unpaired) electrons. The minimum Gasteiger partial charge on any atom is -0.756 e. The minimum absolute atomic E-state index is 0. The van der Waals surface area contributed by atoms with Crippen LogP contribution in [0.3, 0.4) is 0 Å². The lowest BCUT2D eigenvalue weighted by molar-refractivity contribution is -0.847.